The summed E-state index contributed by atoms with van der Waals surface area (Å²) in [5.74, 6) is -0.371. The highest BCUT2D eigenvalue weighted by Crippen LogP contribution is 2.24. The lowest BCUT2D eigenvalue weighted by Gasteiger charge is -2.26. The smallest absolute Gasteiger partial charge is 0.258 e. The van der Waals surface area contributed by atoms with E-state index in [1.807, 2.05) is 0 Å². The Labute approximate surface area is 130 Å². The van der Waals surface area contributed by atoms with Crippen LogP contribution in [-0.2, 0) is 0 Å². The second kappa shape index (κ2) is 8.20. The van der Waals surface area contributed by atoms with Crippen LogP contribution in [0.1, 0.15) is 36.0 Å². The molecule has 6 heteroatoms. The van der Waals surface area contributed by atoms with Crippen LogP contribution in [0, 0.1) is 11.7 Å². The van der Waals surface area contributed by atoms with Crippen molar-refractivity contribution in [3.05, 3.63) is 29.6 Å². The molecule has 0 spiro atoms. The summed E-state index contributed by atoms with van der Waals surface area (Å²) in [6.45, 7) is 0.532. The monoisotopic (exact) mass is 316 g/mol. The zero-order chi connectivity index (χ0) is 14.5. The van der Waals surface area contributed by atoms with E-state index in [9.17, 15) is 9.18 Å². The molecule has 1 fully saturated rings. The molecule has 1 amide bonds. The van der Waals surface area contributed by atoms with Gasteiger partial charge in [0.2, 0.25) is 0 Å². The Bertz CT molecular complexity index is 485. The number of rotatable bonds is 4. The summed E-state index contributed by atoms with van der Waals surface area (Å²) in [4.78, 5) is 12.1. The van der Waals surface area contributed by atoms with Crippen molar-refractivity contribution in [3.8, 4) is 5.75 Å². The van der Waals surface area contributed by atoms with Gasteiger partial charge in [-0.15, -0.1) is 12.4 Å². The number of hydrogen-bond acceptors (Lipinski definition) is 3. The zero-order valence-electron chi connectivity index (χ0n) is 12.1. The van der Waals surface area contributed by atoms with Gasteiger partial charge in [0.1, 0.15) is 17.1 Å². The minimum Gasteiger partial charge on any atom is -0.496 e. The molecule has 0 radical (unpaired) electrons. The van der Waals surface area contributed by atoms with Crippen LogP contribution < -0.4 is 15.8 Å². The number of nitrogens with one attached hydrogen (secondary N) is 1. The summed E-state index contributed by atoms with van der Waals surface area (Å²) < 4.78 is 18.8. The van der Waals surface area contributed by atoms with Crippen LogP contribution in [0.15, 0.2) is 18.2 Å². The van der Waals surface area contributed by atoms with Crippen LogP contribution in [-0.4, -0.2) is 25.6 Å². The average Bonchev–Trinajstić information content (AvgIpc) is 2.44. The Morgan fingerprint density at radius 2 is 2.24 bits per heavy atom. The van der Waals surface area contributed by atoms with Crippen molar-refractivity contribution < 1.29 is 13.9 Å². The minimum atomic E-state index is -0.567. The third kappa shape index (κ3) is 4.58. The molecule has 1 aromatic carbocycles. The van der Waals surface area contributed by atoms with E-state index in [1.165, 1.54) is 19.2 Å². The molecule has 4 nitrogen and oxygen atoms in total. The first kappa shape index (κ1) is 17.7. The number of carbonyl (C=O) groups excluding carboxylic acids is 1. The molecule has 0 heterocycles. The van der Waals surface area contributed by atoms with Gasteiger partial charge in [-0.25, -0.2) is 4.39 Å². The molecule has 0 saturated heterocycles. The van der Waals surface area contributed by atoms with E-state index in [4.69, 9.17) is 10.5 Å². The van der Waals surface area contributed by atoms with Gasteiger partial charge in [-0.2, -0.15) is 0 Å². The van der Waals surface area contributed by atoms with Gasteiger partial charge in [-0.1, -0.05) is 12.5 Å². The summed E-state index contributed by atoms with van der Waals surface area (Å²) in [5.41, 5.74) is 5.89. The van der Waals surface area contributed by atoms with E-state index in [0.29, 0.717) is 12.5 Å². The molecule has 3 N–H and O–H groups in total. The Balaban J connectivity index is 0.00000220. The number of hydrogen-bond donors (Lipinski definition) is 2. The van der Waals surface area contributed by atoms with Crippen molar-refractivity contribution in [1.29, 1.82) is 0 Å². The third-order valence-corrected chi connectivity index (χ3v) is 3.80. The maximum absolute atomic E-state index is 13.8. The molecule has 1 aromatic rings. The van der Waals surface area contributed by atoms with Gasteiger partial charge in [0.25, 0.3) is 5.91 Å². The normalized spacial score (nSPS) is 21.3. The molecule has 0 bridgehead atoms. The largest absolute Gasteiger partial charge is 0.496 e. The van der Waals surface area contributed by atoms with E-state index >= 15 is 0 Å². The van der Waals surface area contributed by atoms with Crippen molar-refractivity contribution in [2.24, 2.45) is 11.7 Å². The van der Waals surface area contributed by atoms with Crippen molar-refractivity contribution in [2.45, 2.75) is 31.7 Å². The zero-order valence-corrected chi connectivity index (χ0v) is 12.9. The van der Waals surface area contributed by atoms with Crippen molar-refractivity contribution in [2.75, 3.05) is 13.7 Å². The quantitative estimate of drug-likeness (QED) is 0.897. The molecule has 1 aliphatic carbocycles. The van der Waals surface area contributed by atoms with Crippen LogP contribution >= 0.6 is 12.4 Å². The molecular formula is C15H22ClFN2O2. The number of methoxy groups -OCH3 is 1. The lowest BCUT2D eigenvalue weighted by Crippen LogP contribution is -2.36. The topological polar surface area (TPSA) is 64.3 Å². The lowest BCUT2D eigenvalue weighted by molar-refractivity contribution is 0.0935. The molecule has 118 valence electrons. The van der Waals surface area contributed by atoms with Crippen LogP contribution in [0.2, 0.25) is 0 Å². The summed E-state index contributed by atoms with van der Waals surface area (Å²) in [6, 6.07) is 4.57. The maximum atomic E-state index is 13.8. The maximum Gasteiger partial charge on any atom is 0.258 e. The van der Waals surface area contributed by atoms with E-state index < -0.39 is 11.7 Å². The van der Waals surface area contributed by atoms with Gasteiger partial charge < -0.3 is 15.8 Å². The highest BCUT2D eigenvalue weighted by molar-refractivity contribution is 5.97. The minimum absolute atomic E-state index is 0. The highest BCUT2D eigenvalue weighted by Gasteiger charge is 2.22. The second-order valence-electron chi connectivity index (χ2n) is 5.32. The SMILES string of the molecule is COc1cccc(F)c1C(=O)NCC1CCCC(N)C1.Cl. The summed E-state index contributed by atoms with van der Waals surface area (Å²) in [6.07, 6.45) is 4.10. The predicted octanol–water partition coefficient (Wildman–Crippen LogP) is 2.50. The van der Waals surface area contributed by atoms with Gasteiger partial charge in [0.05, 0.1) is 7.11 Å². The second-order valence-corrected chi connectivity index (χ2v) is 5.32. The first-order chi connectivity index (χ1) is 9.61. The van der Waals surface area contributed by atoms with Crippen LogP contribution in [0.5, 0.6) is 5.75 Å². The molecular weight excluding hydrogens is 295 g/mol. The first-order valence-electron chi connectivity index (χ1n) is 6.98. The third-order valence-electron chi connectivity index (χ3n) is 3.80. The van der Waals surface area contributed by atoms with Crippen LogP contribution in [0.3, 0.4) is 0 Å². The van der Waals surface area contributed by atoms with Crippen molar-refractivity contribution in [1.82, 2.24) is 5.32 Å². The summed E-state index contributed by atoms with van der Waals surface area (Å²) in [7, 11) is 1.42. The molecule has 1 saturated carbocycles. The number of amides is 1. The molecule has 1 aliphatic rings. The molecule has 2 atom stereocenters. The van der Waals surface area contributed by atoms with E-state index in [2.05, 4.69) is 5.32 Å². The Kier molecular flexibility index (Phi) is 6.92. The fraction of sp³-hybridized carbons (Fsp3) is 0.533. The molecule has 0 aliphatic heterocycles. The van der Waals surface area contributed by atoms with Gasteiger partial charge in [-0.05, 0) is 37.3 Å². The van der Waals surface area contributed by atoms with E-state index in [0.717, 1.165) is 25.7 Å². The van der Waals surface area contributed by atoms with Crippen molar-refractivity contribution >= 4 is 18.3 Å². The standard InChI is InChI=1S/C15H21FN2O2.ClH/c1-20-13-7-3-6-12(16)14(13)15(19)18-9-10-4-2-5-11(17)8-10;/h3,6-7,10-11H,2,4-5,8-9,17H2,1H3,(H,18,19);1H. The predicted molar refractivity (Wildman–Crippen MR) is 82.5 cm³/mol. The number of carbonyl (C=O) groups is 1. The fourth-order valence-corrected chi connectivity index (χ4v) is 2.74. The van der Waals surface area contributed by atoms with Gasteiger partial charge in [0.15, 0.2) is 0 Å². The number of benzene rings is 1. The number of nitrogens with two attached hydrogens (primary N) is 1. The van der Waals surface area contributed by atoms with E-state index in [1.54, 1.807) is 6.07 Å². The van der Waals surface area contributed by atoms with Gasteiger partial charge >= 0.3 is 0 Å². The summed E-state index contributed by atoms with van der Waals surface area (Å²) >= 11 is 0. The van der Waals surface area contributed by atoms with Crippen LogP contribution in [0.25, 0.3) is 0 Å². The first-order valence-corrected chi connectivity index (χ1v) is 6.98. The molecule has 21 heavy (non-hydrogen) atoms. The summed E-state index contributed by atoms with van der Waals surface area (Å²) in [5, 5.41) is 2.79. The molecule has 0 aromatic heterocycles. The highest BCUT2D eigenvalue weighted by atomic mass is 35.5. The average molecular weight is 317 g/mol. The number of halogens is 2. The van der Waals surface area contributed by atoms with Crippen molar-refractivity contribution in [3.63, 3.8) is 0 Å². The van der Waals surface area contributed by atoms with E-state index in [-0.39, 0.29) is 29.8 Å². The lowest BCUT2D eigenvalue weighted by atomic mass is 9.86. The number of ether oxygens (including phenoxy) is 1. The van der Waals surface area contributed by atoms with Gasteiger partial charge in [-0.3, -0.25) is 4.79 Å². The fourth-order valence-electron chi connectivity index (χ4n) is 2.74. The molecule has 2 unspecified atom stereocenters. The Hall–Kier alpha value is -1.33. The van der Waals surface area contributed by atoms with Crippen LogP contribution in [0.4, 0.5) is 4.39 Å². The Morgan fingerprint density at radius 3 is 2.90 bits per heavy atom. The molecule has 2 rings (SSSR count). The van der Waals surface area contributed by atoms with Gasteiger partial charge in [0, 0.05) is 12.6 Å². The Morgan fingerprint density at radius 1 is 1.48 bits per heavy atom.